The number of carbonyl (C=O) groups excluding carboxylic acids is 1. The second-order valence-electron chi connectivity index (χ2n) is 4.70. The Hall–Kier alpha value is -1.81. The molecule has 102 valence electrons. The molecule has 1 heterocycles. The number of nitrogens with zero attached hydrogens (tertiary/aromatic N) is 1. The van der Waals surface area contributed by atoms with E-state index >= 15 is 0 Å². The maximum atomic E-state index is 12.6. The van der Waals surface area contributed by atoms with Crippen molar-refractivity contribution in [2.75, 3.05) is 6.54 Å². The van der Waals surface area contributed by atoms with Gasteiger partial charge in [0, 0.05) is 6.54 Å². The number of rotatable bonds is 2. The van der Waals surface area contributed by atoms with Crippen LogP contribution in [0.15, 0.2) is 54.6 Å². The first-order valence-corrected chi connectivity index (χ1v) is 7.38. The second kappa shape index (κ2) is 5.67. The van der Waals surface area contributed by atoms with Crippen molar-refractivity contribution in [3.63, 3.8) is 0 Å². The Labute approximate surface area is 126 Å². The van der Waals surface area contributed by atoms with E-state index in [1.165, 1.54) is 0 Å². The molecule has 2 aromatic rings. The number of alkyl halides is 1. The molecule has 0 aromatic heterocycles. The average molecular weight is 332 g/mol. The number of amides is 1. The molecule has 3 nitrogen and oxygen atoms in total. The van der Waals surface area contributed by atoms with Crippen molar-refractivity contribution in [1.82, 2.24) is 4.90 Å². The molecule has 0 spiro atoms. The molecule has 0 saturated heterocycles. The summed E-state index contributed by atoms with van der Waals surface area (Å²) in [5.74, 6) is 0.640. The summed E-state index contributed by atoms with van der Waals surface area (Å²) in [6.45, 7) is 1.10. The van der Waals surface area contributed by atoms with Crippen LogP contribution >= 0.6 is 15.9 Å². The van der Waals surface area contributed by atoms with Crippen molar-refractivity contribution in [2.45, 2.75) is 11.6 Å². The van der Waals surface area contributed by atoms with Gasteiger partial charge < -0.3 is 9.64 Å². The van der Waals surface area contributed by atoms with Gasteiger partial charge in [0.1, 0.15) is 5.75 Å². The molecule has 1 aliphatic heterocycles. The number of halogens is 1. The predicted molar refractivity (Wildman–Crippen MR) is 81.0 cm³/mol. The Morgan fingerprint density at radius 2 is 1.80 bits per heavy atom. The van der Waals surface area contributed by atoms with Crippen molar-refractivity contribution >= 4 is 21.8 Å². The fourth-order valence-corrected chi connectivity index (χ4v) is 2.84. The predicted octanol–water partition coefficient (Wildman–Crippen LogP) is 3.44. The minimum absolute atomic E-state index is 0.00593. The van der Waals surface area contributed by atoms with Crippen molar-refractivity contribution in [3.05, 3.63) is 65.7 Å². The lowest BCUT2D eigenvalue weighted by Gasteiger charge is -2.21. The zero-order chi connectivity index (χ0) is 13.9. The zero-order valence-electron chi connectivity index (χ0n) is 10.8. The van der Waals surface area contributed by atoms with E-state index in [9.17, 15) is 4.79 Å². The molecule has 0 fully saturated rings. The van der Waals surface area contributed by atoms with E-state index in [-0.39, 0.29) is 10.9 Å². The van der Waals surface area contributed by atoms with E-state index in [1.54, 1.807) is 11.0 Å². The molecule has 0 bridgehead atoms. The number of carbonyl (C=O) groups is 1. The van der Waals surface area contributed by atoms with Crippen molar-refractivity contribution < 1.29 is 9.53 Å². The first kappa shape index (κ1) is 13.2. The molecule has 1 amide bonds. The molecule has 1 atom stereocenters. The molecule has 0 N–H and O–H groups in total. The number of para-hydroxylation sites is 1. The summed E-state index contributed by atoms with van der Waals surface area (Å²) in [6.07, 6.45) is 0. The number of benzene rings is 2. The molecule has 4 heteroatoms. The van der Waals surface area contributed by atoms with Gasteiger partial charge in [-0.2, -0.15) is 0 Å². The highest BCUT2D eigenvalue weighted by atomic mass is 79.9. The normalized spacial score (nSPS) is 18.1. The van der Waals surface area contributed by atoms with Crippen LogP contribution in [0, 0.1) is 0 Å². The molecule has 3 rings (SSSR count). The Morgan fingerprint density at radius 3 is 2.60 bits per heavy atom. The van der Waals surface area contributed by atoms with Crippen LogP contribution in [0.4, 0.5) is 0 Å². The minimum Gasteiger partial charge on any atom is -0.477 e. The van der Waals surface area contributed by atoms with Gasteiger partial charge in [-0.15, -0.1) is 0 Å². The van der Waals surface area contributed by atoms with Gasteiger partial charge in [-0.05, 0) is 33.6 Å². The third-order valence-electron chi connectivity index (χ3n) is 3.24. The second-order valence-corrected chi connectivity index (χ2v) is 5.72. The monoisotopic (exact) mass is 331 g/mol. The lowest BCUT2D eigenvalue weighted by molar-refractivity contribution is 0.0736. The van der Waals surface area contributed by atoms with Crippen LogP contribution in [0.2, 0.25) is 0 Å². The van der Waals surface area contributed by atoms with Crippen LogP contribution < -0.4 is 4.74 Å². The van der Waals surface area contributed by atoms with Gasteiger partial charge in [-0.25, -0.2) is 0 Å². The van der Waals surface area contributed by atoms with E-state index in [0.717, 1.165) is 5.56 Å². The van der Waals surface area contributed by atoms with Crippen LogP contribution in [-0.2, 0) is 6.54 Å². The molecule has 2 aromatic carbocycles. The lowest BCUT2D eigenvalue weighted by atomic mass is 10.1. The third kappa shape index (κ3) is 2.70. The average Bonchev–Trinajstić information content (AvgIpc) is 2.58. The van der Waals surface area contributed by atoms with Gasteiger partial charge in [0.05, 0.1) is 12.1 Å². The highest BCUT2D eigenvalue weighted by Gasteiger charge is 2.27. The molecule has 1 aliphatic rings. The fourth-order valence-electron chi connectivity index (χ4n) is 2.29. The zero-order valence-corrected chi connectivity index (χ0v) is 12.4. The van der Waals surface area contributed by atoms with Crippen molar-refractivity contribution in [1.29, 1.82) is 0 Å². The largest absolute Gasteiger partial charge is 0.477 e. The maximum Gasteiger partial charge on any atom is 0.258 e. The maximum absolute atomic E-state index is 12.6. The van der Waals surface area contributed by atoms with Gasteiger partial charge in [0.15, 0.2) is 5.01 Å². The summed E-state index contributed by atoms with van der Waals surface area (Å²) in [6, 6.07) is 17.3. The molecular formula is C16H14BrNO2. The smallest absolute Gasteiger partial charge is 0.258 e. The first-order valence-electron chi connectivity index (χ1n) is 6.47. The number of fused-ring (bicyclic) bond motifs is 1. The number of hydrogen-bond donors (Lipinski definition) is 0. The van der Waals surface area contributed by atoms with Gasteiger partial charge in [-0.1, -0.05) is 42.5 Å². The summed E-state index contributed by atoms with van der Waals surface area (Å²) < 4.78 is 5.75. The minimum atomic E-state index is -0.196. The number of ether oxygens (including phenoxy) is 1. The van der Waals surface area contributed by atoms with Crippen LogP contribution in [-0.4, -0.2) is 22.4 Å². The standard InChI is InChI=1S/C16H14BrNO2/c17-15-11-18(10-12-6-2-1-3-7-12)16(19)13-8-4-5-9-14(13)20-15/h1-9,15H,10-11H2. The van der Waals surface area contributed by atoms with Crippen molar-refractivity contribution in [2.24, 2.45) is 0 Å². The Bertz CT molecular complexity index is 615. The van der Waals surface area contributed by atoms with E-state index in [2.05, 4.69) is 15.9 Å². The van der Waals surface area contributed by atoms with Crippen molar-refractivity contribution in [3.8, 4) is 5.75 Å². The Balaban J connectivity index is 1.90. The summed E-state index contributed by atoms with van der Waals surface area (Å²) in [5.41, 5.74) is 1.73. The Kier molecular flexibility index (Phi) is 3.74. The van der Waals surface area contributed by atoms with E-state index in [1.807, 2.05) is 48.5 Å². The summed E-state index contributed by atoms with van der Waals surface area (Å²) in [7, 11) is 0. The highest BCUT2D eigenvalue weighted by Crippen LogP contribution is 2.27. The number of hydrogen-bond acceptors (Lipinski definition) is 2. The topological polar surface area (TPSA) is 29.5 Å². The Morgan fingerprint density at radius 1 is 1.10 bits per heavy atom. The SMILES string of the molecule is O=C1c2ccccc2OC(Br)CN1Cc1ccccc1. The highest BCUT2D eigenvalue weighted by molar-refractivity contribution is 9.09. The van der Waals surface area contributed by atoms with Gasteiger partial charge in [0.25, 0.3) is 5.91 Å². The molecule has 0 saturated carbocycles. The first-order chi connectivity index (χ1) is 9.74. The molecule has 0 radical (unpaired) electrons. The quantitative estimate of drug-likeness (QED) is 0.789. The van der Waals surface area contributed by atoms with Gasteiger partial charge >= 0.3 is 0 Å². The van der Waals surface area contributed by atoms with Crippen LogP contribution in [0.5, 0.6) is 5.75 Å². The lowest BCUT2D eigenvalue weighted by Crippen LogP contribution is -2.34. The van der Waals surface area contributed by atoms with Crippen LogP contribution in [0.1, 0.15) is 15.9 Å². The van der Waals surface area contributed by atoms with E-state index in [4.69, 9.17) is 4.74 Å². The molecular weight excluding hydrogens is 318 g/mol. The van der Waals surface area contributed by atoms with Crippen LogP contribution in [0.3, 0.4) is 0 Å². The molecule has 1 unspecified atom stereocenters. The molecule has 20 heavy (non-hydrogen) atoms. The van der Waals surface area contributed by atoms with E-state index in [0.29, 0.717) is 24.4 Å². The third-order valence-corrected chi connectivity index (χ3v) is 3.72. The summed E-state index contributed by atoms with van der Waals surface area (Å²) in [4.78, 5) is 14.4. The summed E-state index contributed by atoms with van der Waals surface area (Å²) >= 11 is 3.47. The van der Waals surface area contributed by atoms with E-state index < -0.39 is 0 Å². The van der Waals surface area contributed by atoms with Gasteiger partial charge in [-0.3, -0.25) is 4.79 Å². The van der Waals surface area contributed by atoms with Crippen LogP contribution in [0.25, 0.3) is 0 Å². The molecule has 0 aliphatic carbocycles. The summed E-state index contributed by atoms with van der Waals surface area (Å²) in [5, 5.41) is -0.196. The fraction of sp³-hybridized carbons (Fsp3) is 0.188. The van der Waals surface area contributed by atoms with Gasteiger partial charge in [0.2, 0.25) is 0 Å².